The van der Waals surface area contributed by atoms with Gasteiger partial charge in [0.05, 0.1) is 25.5 Å². The Morgan fingerprint density at radius 1 is 1.21 bits per heavy atom. The van der Waals surface area contributed by atoms with E-state index in [9.17, 15) is 0 Å². The SMILES string of the molecule is C[N+](C)(C[C@H](Br)CBr)c1ccccc1. The highest BCUT2D eigenvalue weighted by Gasteiger charge is 2.21. The molecule has 14 heavy (non-hydrogen) atoms. The number of benzene rings is 1. The van der Waals surface area contributed by atoms with Crippen LogP contribution in [0.2, 0.25) is 0 Å². The first kappa shape index (κ1) is 12.2. The third-order valence-electron chi connectivity index (χ3n) is 2.28. The molecule has 0 saturated carbocycles. The van der Waals surface area contributed by atoms with Crippen LogP contribution in [0.3, 0.4) is 0 Å². The predicted molar refractivity (Wildman–Crippen MR) is 71.5 cm³/mol. The van der Waals surface area contributed by atoms with E-state index in [1.54, 1.807) is 0 Å². The van der Waals surface area contributed by atoms with Gasteiger partial charge in [-0.2, -0.15) is 0 Å². The molecule has 0 N–H and O–H groups in total. The Balaban J connectivity index is 2.75. The molecule has 0 amide bonds. The molecule has 78 valence electrons. The van der Waals surface area contributed by atoms with Crippen molar-refractivity contribution in [2.75, 3.05) is 26.0 Å². The van der Waals surface area contributed by atoms with Crippen molar-refractivity contribution in [3.05, 3.63) is 30.3 Å². The lowest BCUT2D eigenvalue weighted by molar-refractivity contribution is 0.406. The molecule has 0 radical (unpaired) electrons. The second-order valence-electron chi connectivity index (χ2n) is 3.95. The molecule has 0 aliphatic carbocycles. The van der Waals surface area contributed by atoms with E-state index in [0.717, 1.165) is 16.4 Å². The highest BCUT2D eigenvalue weighted by atomic mass is 79.9. The average Bonchev–Trinajstić information content (AvgIpc) is 2.18. The van der Waals surface area contributed by atoms with Gasteiger partial charge >= 0.3 is 0 Å². The fourth-order valence-corrected chi connectivity index (χ4v) is 2.41. The lowest BCUT2D eigenvalue weighted by atomic mass is 10.2. The van der Waals surface area contributed by atoms with Crippen LogP contribution in [0, 0.1) is 0 Å². The highest BCUT2D eigenvalue weighted by Crippen LogP contribution is 2.20. The summed E-state index contributed by atoms with van der Waals surface area (Å²) in [5.41, 5.74) is 1.35. The summed E-state index contributed by atoms with van der Waals surface area (Å²) in [4.78, 5) is 0.512. The standard InChI is InChI=1S/C11H16Br2N/c1-14(2,9-10(13)8-12)11-6-4-3-5-7-11/h3-7,10H,8-9H2,1-2H3/q+1/t10-/m1/s1. The minimum Gasteiger partial charge on any atom is -0.295 e. The average molecular weight is 322 g/mol. The summed E-state index contributed by atoms with van der Waals surface area (Å²) < 4.78 is 0.905. The fraction of sp³-hybridized carbons (Fsp3) is 0.455. The molecule has 0 aromatic heterocycles. The van der Waals surface area contributed by atoms with Crippen LogP contribution in [0.4, 0.5) is 5.69 Å². The number of quaternary nitrogens is 1. The summed E-state index contributed by atoms with van der Waals surface area (Å²) in [6.07, 6.45) is 0. The summed E-state index contributed by atoms with van der Waals surface area (Å²) in [5.74, 6) is 0. The maximum atomic E-state index is 3.65. The zero-order valence-corrected chi connectivity index (χ0v) is 11.8. The number of para-hydroxylation sites is 1. The Bertz CT molecular complexity index is 272. The smallest absolute Gasteiger partial charge is 0.132 e. The Hall–Kier alpha value is 0.140. The lowest BCUT2D eigenvalue weighted by Crippen LogP contribution is -2.45. The minimum absolute atomic E-state index is 0.512. The van der Waals surface area contributed by atoms with E-state index >= 15 is 0 Å². The summed E-state index contributed by atoms with van der Waals surface area (Å²) in [7, 11) is 4.46. The first-order valence-corrected chi connectivity index (χ1v) is 6.68. The molecule has 1 aromatic rings. The molecule has 0 saturated heterocycles. The molecule has 1 atom stereocenters. The van der Waals surface area contributed by atoms with E-state index in [-0.39, 0.29) is 0 Å². The molecule has 1 nitrogen and oxygen atoms in total. The summed E-state index contributed by atoms with van der Waals surface area (Å²) in [6.45, 7) is 1.08. The monoisotopic (exact) mass is 320 g/mol. The zero-order valence-electron chi connectivity index (χ0n) is 8.58. The zero-order chi connectivity index (χ0) is 10.6. The number of halogens is 2. The van der Waals surface area contributed by atoms with Gasteiger partial charge in [-0.1, -0.05) is 50.1 Å². The number of rotatable bonds is 4. The van der Waals surface area contributed by atoms with Gasteiger partial charge < -0.3 is 0 Å². The maximum absolute atomic E-state index is 3.65. The number of hydrogen-bond acceptors (Lipinski definition) is 0. The van der Waals surface area contributed by atoms with Crippen molar-refractivity contribution < 1.29 is 0 Å². The molecule has 0 spiro atoms. The molecule has 0 heterocycles. The second-order valence-corrected chi connectivity index (χ2v) is 5.90. The molecule has 1 rings (SSSR count). The van der Waals surface area contributed by atoms with Crippen LogP contribution < -0.4 is 4.48 Å². The molecular formula is C11H16Br2N+. The molecule has 0 aliphatic heterocycles. The molecule has 0 bridgehead atoms. The van der Waals surface area contributed by atoms with Crippen molar-refractivity contribution in [1.29, 1.82) is 0 Å². The normalized spacial score (nSPS) is 14.0. The fourth-order valence-electron chi connectivity index (χ4n) is 1.48. The highest BCUT2D eigenvalue weighted by molar-refractivity contribution is 9.12. The van der Waals surface area contributed by atoms with Crippen molar-refractivity contribution in [1.82, 2.24) is 4.48 Å². The van der Waals surface area contributed by atoms with E-state index in [0.29, 0.717) is 4.83 Å². The summed E-state index contributed by atoms with van der Waals surface area (Å²) in [6, 6.07) is 10.6. The Labute approximate surface area is 103 Å². The van der Waals surface area contributed by atoms with Gasteiger partial charge in [0.15, 0.2) is 0 Å². The largest absolute Gasteiger partial charge is 0.295 e. The molecule has 1 aromatic carbocycles. The van der Waals surface area contributed by atoms with Gasteiger partial charge in [0.2, 0.25) is 0 Å². The van der Waals surface area contributed by atoms with E-state index in [1.165, 1.54) is 5.69 Å². The number of nitrogens with zero attached hydrogens (tertiary/aromatic N) is 1. The van der Waals surface area contributed by atoms with Gasteiger partial charge in [-0.05, 0) is 12.1 Å². The summed E-state index contributed by atoms with van der Waals surface area (Å²) >= 11 is 7.13. The number of hydrogen-bond donors (Lipinski definition) is 0. The van der Waals surface area contributed by atoms with Crippen molar-refractivity contribution in [3.8, 4) is 0 Å². The van der Waals surface area contributed by atoms with Gasteiger partial charge in [-0.25, -0.2) is 0 Å². The van der Waals surface area contributed by atoms with E-state index < -0.39 is 0 Å². The van der Waals surface area contributed by atoms with Crippen LogP contribution in [0.1, 0.15) is 0 Å². The third kappa shape index (κ3) is 3.37. The Morgan fingerprint density at radius 3 is 2.29 bits per heavy atom. The van der Waals surface area contributed by atoms with Gasteiger partial charge in [-0.15, -0.1) is 0 Å². The van der Waals surface area contributed by atoms with Crippen LogP contribution in [-0.2, 0) is 0 Å². The van der Waals surface area contributed by atoms with Crippen LogP contribution in [-0.4, -0.2) is 30.8 Å². The van der Waals surface area contributed by atoms with E-state index in [1.807, 2.05) is 0 Å². The molecule has 3 heteroatoms. The van der Waals surface area contributed by atoms with E-state index in [4.69, 9.17) is 0 Å². The van der Waals surface area contributed by atoms with Crippen LogP contribution in [0.5, 0.6) is 0 Å². The second kappa shape index (κ2) is 5.29. The Morgan fingerprint density at radius 2 is 1.79 bits per heavy atom. The third-order valence-corrected chi connectivity index (χ3v) is 4.54. The van der Waals surface area contributed by atoms with Gasteiger partial charge in [0.1, 0.15) is 5.69 Å². The minimum atomic E-state index is 0.512. The molecule has 0 fully saturated rings. The number of alkyl halides is 2. The van der Waals surface area contributed by atoms with Crippen LogP contribution >= 0.6 is 31.9 Å². The van der Waals surface area contributed by atoms with Crippen LogP contribution in [0.25, 0.3) is 0 Å². The summed E-state index contributed by atoms with van der Waals surface area (Å²) in [5, 5.41) is 0.988. The first-order valence-electron chi connectivity index (χ1n) is 4.65. The van der Waals surface area contributed by atoms with Crippen molar-refractivity contribution in [3.63, 3.8) is 0 Å². The van der Waals surface area contributed by atoms with Crippen molar-refractivity contribution in [2.24, 2.45) is 0 Å². The lowest BCUT2D eigenvalue weighted by Gasteiger charge is -2.30. The van der Waals surface area contributed by atoms with Gasteiger partial charge in [-0.3, -0.25) is 4.48 Å². The first-order chi connectivity index (χ1) is 6.56. The maximum Gasteiger partial charge on any atom is 0.132 e. The predicted octanol–water partition coefficient (Wildman–Crippen LogP) is 3.41. The topological polar surface area (TPSA) is 0 Å². The quantitative estimate of drug-likeness (QED) is 0.589. The van der Waals surface area contributed by atoms with Gasteiger partial charge in [0.25, 0.3) is 0 Å². The van der Waals surface area contributed by atoms with Crippen molar-refractivity contribution in [2.45, 2.75) is 4.83 Å². The van der Waals surface area contributed by atoms with Crippen molar-refractivity contribution >= 4 is 37.5 Å². The Kier molecular flexibility index (Phi) is 4.61. The molecular weight excluding hydrogens is 306 g/mol. The molecule has 0 aliphatic rings. The van der Waals surface area contributed by atoms with Gasteiger partial charge in [0, 0.05) is 5.33 Å². The molecule has 0 unspecified atom stereocenters. The van der Waals surface area contributed by atoms with Crippen LogP contribution in [0.15, 0.2) is 30.3 Å². The van der Waals surface area contributed by atoms with E-state index in [2.05, 4.69) is 76.3 Å².